The molecule has 4 rings (SSSR count). The van der Waals surface area contributed by atoms with E-state index in [2.05, 4.69) is 28.9 Å². The smallest absolute Gasteiger partial charge is 0.248 e. The zero-order valence-electron chi connectivity index (χ0n) is 17.8. The molecule has 0 bridgehead atoms. The minimum Gasteiger partial charge on any atom is -0.491 e. The van der Waals surface area contributed by atoms with Crippen molar-refractivity contribution in [1.82, 2.24) is 9.80 Å². The monoisotopic (exact) mass is 481 g/mol. The molecule has 1 fully saturated rings. The third kappa shape index (κ3) is 5.37. The van der Waals surface area contributed by atoms with Crippen molar-refractivity contribution in [3.63, 3.8) is 0 Å². The Hall–Kier alpha value is -2.60. The van der Waals surface area contributed by atoms with E-state index in [1.165, 1.54) is 0 Å². The summed E-state index contributed by atoms with van der Waals surface area (Å²) < 4.78 is 7.01. The second-order valence-corrected chi connectivity index (χ2v) is 9.35. The maximum absolute atomic E-state index is 13.3. The van der Waals surface area contributed by atoms with Gasteiger partial charge in [-0.15, -0.1) is 0 Å². The van der Waals surface area contributed by atoms with Gasteiger partial charge in [-0.05, 0) is 48.1 Å². The average molecular weight is 482 g/mol. The van der Waals surface area contributed by atoms with Crippen LogP contribution < -0.4 is 4.74 Å². The molecule has 6 heteroatoms. The summed E-state index contributed by atoms with van der Waals surface area (Å²) in [6.07, 6.45) is 5.94. The van der Waals surface area contributed by atoms with Crippen LogP contribution in [0.4, 0.5) is 0 Å². The van der Waals surface area contributed by atoms with E-state index in [1.807, 2.05) is 52.3 Å². The van der Waals surface area contributed by atoms with Gasteiger partial charge in [0.1, 0.15) is 12.4 Å². The van der Waals surface area contributed by atoms with Crippen LogP contribution in [0.3, 0.4) is 0 Å². The number of carbonyl (C=O) groups is 1. The lowest BCUT2D eigenvalue weighted by Crippen LogP contribution is -2.45. The highest BCUT2D eigenvalue weighted by Gasteiger charge is 2.28. The summed E-state index contributed by atoms with van der Waals surface area (Å²) in [6, 6.07) is 16.0. The molecule has 2 aliphatic heterocycles. The van der Waals surface area contributed by atoms with Crippen LogP contribution in [0.15, 0.2) is 65.3 Å². The third-order valence-electron chi connectivity index (χ3n) is 5.95. The first-order valence-corrected chi connectivity index (χ1v) is 11.6. The van der Waals surface area contributed by atoms with Gasteiger partial charge in [0.25, 0.3) is 0 Å². The number of carbonyl (C=O) groups excluding carboxylic acids is 1. The zero-order valence-corrected chi connectivity index (χ0v) is 19.3. The molecule has 31 heavy (non-hydrogen) atoms. The molecule has 1 saturated heterocycles. The summed E-state index contributed by atoms with van der Waals surface area (Å²) in [5, 5.41) is 8.19. The number of halogens is 1. The summed E-state index contributed by atoms with van der Waals surface area (Å²) in [7, 11) is 0. The number of piperidine rings is 1. The number of benzene rings is 2. The minimum atomic E-state index is -0.0566. The Bertz CT molecular complexity index is 976. The Kier molecular flexibility index (Phi) is 6.76. The van der Waals surface area contributed by atoms with Crippen molar-refractivity contribution in [3.8, 4) is 5.75 Å². The Morgan fingerprint density at radius 1 is 1.29 bits per heavy atom. The standard InChI is InChI=1S/C25H28BrN3O2/c1-18-7-10-24(27)28(15-18)12-11-25(30)29(16-19-5-3-2-4-6-19)22-14-20-13-21(26)8-9-23(20)31-17-22/h2-6,8-9,11-13,18,22,27H,7,10,14-17H2,1H3/b12-11+,27-24?. The molecule has 2 aromatic rings. The average Bonchev–Trinajstić information content (AvgIpc) is 2.78. The number of amidine groups is 1. The lowest BCUT2D eigenvalue weighted by atomic mass is 9.99. The molecule has 0 spiro atoms. The van der Waals surface area contributed by atoms with Crippen molar-refractivity contribution in [2.45, 2.75) is 38.8 Å². The number of ether oxygens (including phenoxy) is 1. The first-order chi connectivity index (χ1) is 15.0. The van der Waals surface area contributed by atoms with E-state index < -0.39 is 0 Å². The van der Waals surface area contributed by atoms with Crippen molar-refractivity contribution in [1.29, 1.82) is 5.41 Å². The molecule has 5 nitrogen and oxygen atoms in total. The van der Waals surface area contributed by atoms with E-state index in [0.29, 0.717) is 24.9 Å². The molecule has 2 aliphatic rings. The number of nitrogens with zero attached hydrogens (tertiary/aromatic N) is 2. The van der Waals surface area contributed by atoms with Gasteiger partial charge in [0.05, 0.1) is 11.9 Å². The molecule has 1 amide bonds. The number of rotatable bonds is 5. The van der Waals surface area contributed by atoms with Crippen LogP contribution in [0, 0.1) is 11.3 Å². The van der Waals surface area contributed by atoms with E-state index in [4.69, 9.17) is 10.1 Å². The van der Waals surface area contributed by atoms with E-state index >= 15 is 0 Å². The maximum Gasteiger partial charge on any atom is 0.248 e. The summed E-state index contributed by atoms with van der Waals surface area (Å²) in [4.78, 5) is 17.1. The first kappa shape index (κ1) is 21.6. The van der Waals surface area contributed by atoms with Crippen molar-refractivity contribution >= 4 is 27.7 Å². The van der Waals surface area contributed by atoms with E-state index in [9.17, 15) is 4.79 Å². The summed E-state index contributed by atoms with van der Waals surface area (Å²) >= 11 is 3.54. The molecule has 0 aliphatic carbocycles. The fourth-order valence-electron chi connectivity index (χ4n) is 4.18. The molecular formula is C25H28BrN3O2. The summed E-state index contributed by atoms with van der Waals surface area (Å²) in [5.74, 6) is 1.94. The highest BCUT2D eigenvalue weighted by Crippen LogP contribution is 2.30. The fraction of sp³-hybridized carbons (Fsp3) is 0.360. The second kappa shape index (κ2) is 9.69. The predicted octanol–water partition coefficient (Wildman–Crippen LogP) is 5.00. The van der Waals surface area contributed by atoms with Gasteiger partial charge in [-0.1, -0.05) is 53.2 Å². The van der Waals surface area contributed by atoms with Crippen LogP contribution in [-0.2, 0) is 17.8 Å². The van der Waals surface area contributed by atoms with Crippen molar-refractivity contribution < 1.29 is 9.53 Å². The van der Waals surface area contributed by atoms with Crippen LogP contribution in [0.2, 0.25) is 0 Å². The van der Waals surface area contributed by atoms with Gasteiger partial charge in [-0.2, -0.15) is 0 Å². The highest BCUT2D eigenvalue weighted by molar-refractivity contribution is 9.10. The Morgan fingerprint density at radius 3 is 2.90 bits per heavy atom. The lowest BCUT2D eigenvalue weighted by molar-refractivity contribution is -0.130. The maximum atomic E-state index is 13.3. The molecule has 0 saturated carbocycles. The normalized spacial score (nSPS) is 21.0. The molecule has 2 atom stereocenters. The third-order valence-corrected chi connectivity index (χ3v) is 6.45. The zero-order chi connectivity index (χ0) is 21.8. The van der Waals surface area contributed by atoms with E-state index in [0.717, 1.165) is 47.2 Å². The van der Waals surface area contributed by atoms with Gasteiger partial charge in [-0.3, -0.25) is 10.2 Å². The van der Waals surface area contributed by atoms with Crippen LogP contribution in [0.25, 0.3) is 0 Å². The molecule has 2 unspecified atom stereocenters. The van der Waals surface area contributed by atoms with Crippen LogP contribution in [0.1, 0.15) is 30.9 Å². The predicted molar refractivity (Wildman–Crippen MR) is 126 cm³/mol. The van der Waals surface area contributed by atoms with Crippen LogP contribution in [-0.4, -0.2) is 40.7 Å². The summed E-state index contributed by atoms with van der Waals surface area (Å²) in [5.41, 5.74) is 2.19. The van der Waals surface area contributed by atoms with Gasteiger partial charge < -0.3 is 14.5 Å². The van der Waals surface area contributed by atoms with E-state index in [-0.39, 0.29) is 11.9 Å². The van der Waals surface area contributed by atoms with Gasteiger partial charge >= 0.3 is 0 Å². The Morgan fingerprint density at radius 2 is 2.10 bits per heavy atom. The van der Waals surface area contributed by atoms with Crippen LogP contribution in [0.5, 0.6) is 5.75 Å². The van der Waals surface area contributed by atoms with Gasteiger partial charge in [0.15, 0.2) is 0 Å². The molecule has 162 valence electrons. The SMILES string of the molecule is CC1CCC(=N)N(/C=C/C(=O)N(Cc2ccccc2)C2COc3ccc(Br)cc3C2)C1. The van der Waals surface area contributed by atoms with Gasteiger partial charge in [-0.25, -0.2) is 0 Å². The van der Waals surface area contributed by atoms with Gasteiger partial charge in [0.2, 0.25) is 5.91 Å². The molecule has 1 N–H and O–H groups in total. The van der Waals surface area contributed by atoms with Crippen molar-refractivity contribution in [2.75, 3.05) is 13.2 Å². The molecule has 0 aromatic heterocycles. The molecule has 2 aromatic carbocycles. The van der Waals surface area contributed by atoms with Crippen LogP contribution >= 0.6 is 15.9 Å². The van der Waals surface area contributed by atoms with Crippen molar-refractivity contribution in [3.05, 3.63) is 76.4 Å². The second-order valence-electron chi connectivity index (χ2n) is 8.43. The lowest BCUT2D eigenvalue weighted by Gasteiger charge is -2.35. The van der Waals surface area contributed by atoms with Crippen molar-refractivity contribution in [2.24, 2.45) is 5.92 Å². The number of nitrogens with one attached hydrogen (secondary N) is 1. The quantitative estimate of drug-likeness (QED) is 0.610. The Labute approximate surface area is 192 Å². The number of likely N-dealkylation sites (tertiary alicyclic amines) is 1. The number of hydrogen-bond donors (Lipinski definition) is 1. The number of amides is 1. The fourth-order valence-corrected chi connectivity index (χ4v) is 4.59. The number of fused-ring (bicyclic) bond motifs is 1. The minimum absolute atomic E-state index is 0.0538. The Balaban J connectivity index is 1.55. The largest absolute Gasteiger partial charge is 0.491 e. The topological polar surface area (TPSA) is 56.6 Å². The summed E-state index contributed by atoms with van der Waals surface area (Å²) in [6.45, 7) is 3.97. The molecule has 2 heterocycles. The van der Waals surface area contributed by atoms with E-state index in [1.54, 1.807) is 12.3 Å². The molecular weight excluding hydrogens is 454 g/mol. The van der Waals surface area contributed by atoms with Gasteiger partial charge in [0, 0.05) is 36.3 Å². The first-order valence-electron chi connectivity index (χ1n) is 10.8. The number of hydrogen-bond acceptors (Lipinski definition) is 3. The highest BCUT2D eigenvalue weighted by atomic mass is 79.9. The molecule has 0 radical (unpaired) electrons.